The molecular formula is C15H14BrClFNO2. The van der Waals surface area contributed by atoms with Crippen LogP contribution in [0.3, 0.4) is 0 Å². The first-order chi connectivity index (χ1) is 10.0. The number of hydrogen-bond donors (Lipinski definition) is 2. The van der Waals surface area contributed by atoms with Crippen LogP contribution in [-0.2, 0) is 6.54 Å². The van der Waals surface area contributed by atoms with Gasteiger partial charge in [0.25, 0.3) is 0 Å². The fourth-order valence-corrected chi connectivity index (χ4v) is 2.77. The first-order valence-corrected chi connectivity index (χ1v) is 7.51. The number of aromatic hydroxyl groups is 1. The minimum absolute atomic E-state index is 0.362. The van der Waals surface area contributed by atoms with Gasteiger partial charge < -0.3 is 15.2 Å². The lowest BCUT2D eigenvalue weighted by Gasteiger charge is -2.15. The van der Waals surface area contributed by atoms with Crippen molar-refractivity contribution in [2.45, 2.75) is 13.5 Å². The van der Waals surface area contributed by atoms with Crippen LogP contribution in [0.15, 0.2) is 34.8 Å². The summed E-state index contributed by atoms with van der Waals surface area (Å²) in [6, 6.07) is 7.74. The summed E-state index contributed by atoms with van der Waals surface area (Å²) in [7, 11) is 0. The van der Waals surface area contributed by atoms with Gasteiger partial charge >= 0.3 is 0 Å². The maximum atomic E-state index is 13.3. The zero-order valence-electron chi connectivity index (χ0n) is 11.3. The topological polar surface area (TPSA) is 41.5 Å². The second kappa shape index (κ2) is 7.00. The molecule has 0 unspecified atom stereocenters. The van der Waals surface area contributed by atoms with Gasteiger partial charge in [-0.2, -0.15) is 0 Å². The lowest BCUT2D eigenvalue weighted by atomic mass is 10.2. The Morgan fingerprint density at radius 2 is 2.10 bits per heavy atom. The van der Waals surface area contributed by atoms with E-state index in [2.05, 4.69) is 21.2 Å². The van der Waals surface area contributed by atoms with Crippen LogP contribution in [0.1, 0.15) is 12.5 Å². The van der Waals surface area contributed by atoms with Crippen LogP contribution in [0, 0.1) is 5.82 Å². The Kier molecular flexibility index (Phi) is 5.31. The molecule has 2 N–H and O–H groups in total. The number of halogens is 3. The van der Waals surface area contributed by atoms with E-state index < -0.39 is 5.82 Å². The van der Waals surface area contributed by atoms with Crippen LogP contribution in [0.25, 0.3) is 0 Å². The molecule has 0 aliphatic carbocycles. The Hall–Kier alpha value is -1.46. The normalized spacial score (nSPS) is 10.5. The van der Waals surface area contributed by atoms with E-state index in [4.69, 9.17) is 16.3 Å². The van der Waals surface area contributed by atoms with E-state index in [9.17, 15) is 9.50 Å². The van der Waals surface area contributed by atoms with E-state index in [1.54, 1.807) is 18.2 Å². The summed E-state index contributed by atoms with van der Waals surface area (Å²) in [6.07, 6.45) is 0. The molecule has 6 heteroatoms. The Bertz CT molecular complexity index is 652. The molecule has 2 rings (SSSR count). The van der Waals surface area contributed by atoms with Gasteiger partial charge in [0.15, 0.2) is 17.3 Å². The third-order valence-corrected chi connectivity index (χ3v) is 3.60. The fourth-order valence-electron chi connectivity index (χ4n) is 1.84. The van der Waals surface area contributed by atoms with E-state index in [1.807, 2.05) is 6.92 Å². The van der Waals surface area contributed by atoms with E-state index >= 15 is 0 Å². The predicted octanol–water partition coefficient (Wildman–Crippen LogP) is 4.96. The lowest BCUT2D eigenvalue weighted by molar-refractivity contribution is 0.339. The van der Waals surface area contributed by atoms with Crippen LogP contribution in [-0.4, -0.2) is 11.7 Å². The second-order valence-corrected chi connectivity index (χ2v) is 5.63. The molecule has 0 saturated carbocycles. The van der Waals surface area contributed by atoms with Crippen LogP contribution in [0.4, 0.5) is 10.1 Å². The largest absolute Gasteiger partial charge is 0.505 e. The maximum Gasteiger partial charge on any atom is 0.165 e. The van der Waals surface area contributed by atoms with Gasteiger partial charge in [0.2, 0.25) is 0 Å². The molecule has 2 aromatic rings. The van der Waals surface area contributed by atoms with Crippen molar-refractivity contribution in [2.24, 2.45) is 0 Å². The highest BCUT2D eigenvalue weighted by Crippen LogP contribution is 2.36. The van der Waals surface area contributed by atoms with Crippen LogP contribution in [0.2, 0.25) is 5.02 Å². The summed E-state index contributed by atoms with van der Waals surface area (Å²) in [5, 5.41) is 12.9. The van der Waals surface area contributed by atoms with Gasteiger partial charge in [-0.3, -0.25) is 0 Å². The van der Waals surface area contributed by atoms with Gasteiger partial charge in [0.1, 0.15) is 0 Å². The lowest BCUT2D eigenvalue weighted by Crippen LogP contribution is -2.03. The van der Waals surface area contributed by atoms with Crippen molar-refractivity contribution in [3.05, 3.63) is 51.2 Å². The Morgan fingerprint density at radius 3 is 2.76 bits per heavy atom. The van der Waals surface area contributed by atoms with Crippen LogP contribution < -0.4 is 10.1 Å². The Morgan fingerprint density at radius 1 is 1.33 bits per heavy atom. The van der Waals surface area contributed by atoms with Gasteiger partial charge in [-0.1, -0.05) is 17.7 Å². The summed E-state index contributed by atoms with van der Waals surface area (Å²) in [6.45, 7) is 2.78. The van der Waals surface area contributed by atoms with Crippen molar-refractivity contribution in [3.63, 3.8) is 0 Å². The Labute approximate surface area is 135 Å². The van der Waals surface area contributed by atoms with Gasteiger partial charge in [0, 0.05) is 11.6 Å². The smallest absolute Gasteiger partial charge is 0.165 e. The van der Waals surface area contributed by atoms with E-state index in [-0.39, 0.29) is 5.75 Å². The molecule has 0 fully saturated rings. The molecule has 3 nitrogen and oxygen atoms in total. The average molecular weight is 375 g/mol. The minimum Gasteiger partial charge on any atom is -0.505 e. The van der Waals surface area contributed by atoms with Crippen molar-refractivity contribution >= 4 is 33.2 Å². The average Bonchev–Trinajstić information content (AvgIpc) is 2.43. The highest BCUT2D eigenvalue weighted by molar-refractivity contribution is 9.10. The van der Waals surface area contributed by atoms with Crippen molar-refractivity contribution in [3.8, 4) is 11.5 Å². The SMILES string of the molecule is CCOc1c(Br)cc(Cl)cc1NCc1ccc(O)c(F)c1. The number of phenols is 1. The first-order valence-electron chi connectivity index (χ1n) is 6.34. The van der Waals surface area contributed by atoms with Crippen LogP contribution >= 0.6 is 27.5 Å². The molecule has 0 saturated heterocycles. The third kappa shape index (κ3) is 4.02. The number of benzene rings is 2. The molecule has 2 aromatic carbocycles. The molecule has 0 aliphatic heterocycles. The first kappa shape index (κ1) is 15.9. The monoisotopic (exact) mass is 373 g/mol. The second-order valence-electron chi connectivity index (χ2n) is 4.34. The summed E-state index contributed by atoms with van der Waals surface area (Å²) < 4.78 is 19.6. The van der Waals surface area contributed by atoms with Crippen molar-refractivity contribution in [2.75, 3.05) is 11.9 Å². The summed E-state index contributed by atoms with van der Waals surface area (Å²) in [5.74, 6) is -0.355. The molecule has 0 aromatic heterocycles. The zero-order chi connectivity index (χ0) is 15.4. The van der Waals surface area contributed by atoms with Crippen molar-refractivity contribution < 1.29 is 14.2 Å². The molecule has 0 aliphatic rings. The number of rotatable bonds is 5. The molecule has 0 heterocycles. The number of anilines is 1. The van der Waals surface area contributed by atoms with Gasteiger partial charge in [-0.05, 0) is 52.7 Å². The number of hydrogen-bond acceptors (Lipinski definition) is 3. The number of ether oxygens (including phenoxy) is 1. The third-order valence-electron chi connectivity index (χ3n) is 2.79. The highest BCUT2D eigenvalue weighted by Gasteiger charge is 2.10. The zero-order valence-corrected chi connectivity index (χ0v) is 13.6. The van der Waals surface area contributed by atoms with Gasteiger partial charge in [-0.15, -0.1) is 0 Å². The molecule has 0 radical (unpaired) electrons. The maximum absolute atomic E-state index is 13.3. The molecule has 112 valence electrons. The predicted molar refractivity (Wildman–Crippen MR) is 85.7 cm³/mol. The minimum atomic E-state index is -0.647. The van der Waals surface area contributed by atoms with Crippen molar-refractivity contribution in [1.29, 1.82) is 0 Å². The summed E-state index contributed by atoms with van der Waals surface area (Å²) >= 11 is 9.44. The molecule has 0 spiro atoms. The summed E-state index contributed by atoms with van der Waals surface area (Å²) in [5.41, 5.74) is 1.41. The number of nitrogens with one attached hydrogen (secondary N) is 1. The van der Waals surface area contributed by atoms with Gasteiger partial charge in [-0.25, -0.2) is 4.39 Å². The van der Waals surface area contributed by atoms with E-state index in [0.717, 1.165) is 4.47 Å². The molecular weight excluding hydrogens is 361 g/mol. The summed E-state index contributed by atoms with van der Waals surface area (Å²) in [4.78, 5) is 0. The Balaban J connectivity index is 2.20. The molecule has 21 heavy (non-hydrogen) atoms. The molecule has 0 amide bonds. The van der Waals surface area contributed by atoms with Crippen molar-refractivity contribution in [1.82, 2.24) is 0 Å². The number of phenolic OH excluding ortho intramolecular Hbond substituents is 1. The molecule has 0 atom stereocenters. The fraction of sp³-hybridized carbons (Fsp3) is 0.200. The van der Waals surface area contributed by atoms with E-state index in [0.29, 0.717) is 35.2 Å². The molecule has 0 bridgehead atoms. The standard InChI is InChI=1S/C15H14BrClFNO2/c1-2-21-15-11(16)6-10(17)7-13(15)19-8-9-3-4-14(20)12(18)5-9/h3-7,19-20H,2,8H2,1H3. The van der Waals surface area contributed by atoms with Crippen LogP contribution in [0.5, 0.6) is 11.5 Å². The quantitative estimate of drug-likeness (QED) is 0.777. The van der Waals surface area contributed by atoms with E-state index in [1.165, 1.54) is 12.1 Å². The highest BCUT2D eigenvalue weighted by atomic mass is 79.9. The van der Waals surface area contributed by atoms with Gasteiger partial charge in [0.05, 0.1) is 16.8 Å².